The zero-order valence-electron chi connectivity index (χ0n) is 13.0. The molecule has 2 atom stereocenters. The highest BCUT2D eigenvalue weighted by molar-refractivity contribution is 5.33. The van der Waals surface area contributed by atoms with E-state index in [2.05, 4.69) is 55.0 Å². The largest absolute Gasteiger partial charge is 0.323 e. The number of likely N-dealkylation sites (N-methyl/N-ethyl adjacent to an activating group) is 1. The Morgan fingerprint density at radius 2 is 1.95 bits per heavy atom. The van der Waals surface area contributed by atoms with Crippen molar-refractivity contribution in [1.82, 2.24) is 9.80 Å². The smallest absolute Gasteiger partial charge is 0.0455 e. The summed E-state index contributed by atoms with van der Waals surface area (Å²) in [5.41, 5.74) is 9.64. The van der Waals surface area contributed by atoms with Gasteiger partial charge in [0, 0.05) is 37.3 Å². The van der Waals surface area contributed by atoms with Crippen LogP contribution in [0.15, 0.2) is 24.3 Å². The first-order valence-corrected chi connectivity index (χ1v) is 7.78. The Balaban J connectivity index is 1.79. The Labute approximate surface area is 122 Å². The van der Waals surface area contributed by atoms with E-state index in [1.165, 1.54) is 24.0 Å². The van der Waals surface area contributed by atoms with Crippen LogP contribution in [-0.4, -0.2) is 48.1 Å². The van der Waals surface area contributed by atoms with Gasteiger partial charge in [0.25, 0.3) is 0 Å². The van der Waals surface area contributed by atoms with E-state index in [9.17, 15) is 0 Å². The van der Waals surface area contributed by atoms with Crippen molar-refractivity contribution in [1.29, 1.82) is 0 Å². The number of benzene rings is 1. The summed E-state index contributed by atoms with van der Waals surface area (Å²) in [6.45, 7) is 8.06. The molecular formula is C17H27N3. The molecule has 2 N–H and O–H groups in total. The van der Waals surface area contributed by atoms with Crippen LogP contribution in [0.25, 0.3) is 0 Å². The maximum Gasteiger partial charge on any atom is 0.0455 e. The number of nitrogens with two attached hydrogens (primary N) is 1. The van der Waals surface area contributed by atoms with Crippen LogP contribution in [0, 0.1) is 0 Å². The number of fused-ring (bicyclic) bond motifs is 1. The van der Waals surface area contributed by atoms with Crippen molar-refractivity contribution in [3.8, 4) is 0 Å². The molecule has 1 aliphatic heterocycles. The van der Waals surface area contributed by atoms with Crippen molar-refractivity contribution >= 4 is 0 Å². The minimum Gasteiger partial charge on any atom is -0.323 e. The van der Waals surface area contributed by atoms with E-state index in [0.29, 0.717) is 6.04 Å². The topological polar surface area (TPSA) is 32.5 Å². The minimum atomic E-state index is 0.166. The van der Waals surface area contributed by atoms with Gasteiger partial charge in [0.05, 0.1) is 0 Å². The molecular weight excluding hydrogens is 246 g/mol. The maximum absolute atomic E-state index is 6.59. The third-order valence-electron chi connectivity index (χ3n) is 5.35. The third-order valence-corrected chi connectivity index (χ3v) is 5.35. The molecule has 3 nitrogen and oxygen atoms in total. The Morgan fingerprint density at radius 3 is 2.70 bits per heavy atom. The predicted octanol–water partition coefficient (Wildman–Crippen LogP) is 2.03. The first-order chi connectivity index (χ1) is 9.49. The van der Waals surface area contributed by atoms with Crippen LogP contribution in [0.2, 0.25) is 0 Å². The van der Waals surface area contributed by atoms with Crippen LogP contribution in [0.4, 0.5) is 0 Å². The van der Waals surface area contributed by atoms with E-state index >= 15 is 0 Å². The summed E-state index contributed by atoms with van der Waals surface area (Å²) in [6.07, 6.45) is 2.36. The van der Waals surface area contributed by atoms with Gasteiger partial charge in [-0.05, 0) is 44.9 Å². The molecule has 3 heteroatoms. The number of aryl methyl sites for hydroxylation is 1. The van der Waals surface area contributed by atoms with Crippen molar-refractivity contribution in [3.05, 3.63) is 35.4 Å². The average Bonchev–Trinajstić information content (AvgIpc) is 2.43. The molecule has 1 aromatic rings. The Bertz CT molecular complexity index is 483. The van der Waals surface area contributed by atoms with E-state index in [1.807, 2.05) is 0 Å². The SMILES string of the molecule is CN1CCN(C2CCc3ccccc3C2N)CC1(C)C. The molecule has 2 unspecified atom stereocenters. The van der Waals surface area contributed by atoms with Gasteiger partial charge < -0.3 is 5.73 Å². The van der Waals surface area contributed by atoms with Gasteiger partial charge in [-0.3, -0.25) is 9.80 Å². The Morgan fingerprint density at radius 1 is 1.20 bits per heavy atom. The summed E-state index contributed by atoms with van der Waals surface area (Å²) >= 11 is 0. The van der Waals surface area contributed by atoms with Crippen LogP contribution in [0.3, 0.4) is 0 Å². The van der Waals surface area contributed by atoms with Gasteiger partial charge in [-0.2, -0.15) is 0 Å². The van der Waals surface area contributed by atoms with E-state index in [0.717, 1.165) is 19.6 Å². The quantitative estimate of drug-likeness (QED) is 0.850. The minimum absolute atomic E-state index is 0.166. The van der Waals surface area contributed by atoms with Gasteiger partial charge >= 0.3 is 0 Å². The zero-order valence-corrected chi connectivity index (χ0v) is 13.0. The van der Waals surface area contributed by atoms with Gasteiger partial charge in [-0.1, -0.05) is 24.3 Å². The van der Waals surface area contributed by atoms with Crippen molar-refractivity contribution in [2.24, 2.45) is 5.73 Å². The second kappa shape index (κ2) is 5.14. The fourth-order valence-corrected chi connectivity index (χ4v) is 3.75. The van der Waals surface area contributed by atoms with Crippen LogP contribution >= 0.6 is 0 Å². The molecule has 0 amide bonds. The summed E-state index contributed by atoms with van der Waals surface area (Å²) in [5, 5.41) is 0. The highest BCUT2D eigenvalue weighted by Gasteiger charge is 2.38. The standard InChI is InChI=1S/C17H27N3/c1-17(2)12-20(11-10-19(17)3)15-9-8-13-6-4-5-7-14(13)16(15)18/h4-7,15-16H,8-12,18H2,1-3H3. The highest BCUT2D eigenvalue weighted by atomic mass is 15.3. The molecule has 20 heavy (non-hydrogen) atoms. The average molecular weight is 273 g/mol. The molecule has 1 aliphatic carbocycles. The molecule has 0 bridgehead atoms. The molecule has 2 aliphatic rings. The highest BCUT2D eigenvalue weighted by Crippen LogP contribution is 2.33. The second-order valence-corrected chi connectivity index (χ2v) is 7.04. The van der Waals surface area contributed by atoms with Gasteiger partial charge in [-0.15, -0.1) is 0 Å². The van der Waals surface area contributed by atoms with Gasteiger partial charge in [0.15, 0.2) is 0 Å². The van der Waals surface area contributed by atoms with Gasteiger partial charge in [-0.25, -0.2) is 0 Å². The van der Waals surface area contributed by atoms with E-state index in [4.69, 9.17) is 5.73 Å². The van der Waals surface area contributed by atoms with Crippen molar-refractivity contribution in [3.63, 3.8) is 0 Å². The maximum atomic E-state index is 6.59. The lowest BCUT2D eigenvalue weighted by Gasteiger charge is -2.50. The normalized spacial score (nSPS) is 31.0. The lowest BCUT2D eigenvalue weighted by molar-refractivity contribution is 0.00660. The lowest BCUT2D eigenvalue weighted by Crippen LogP contribution is -2.61. The van der Waals surface area contributed by atoms with Crippen molar-refractivity contribution in [2.45, 2.75) is 44.3 Å². The Hall–Kier alpha value is -0.900. The number of hydrogen-bond donors (Lipinski definition) is 1. The monoisotopic (exact) mass is 273 g/mol. The number of rotatable bonds is 1. The summed E-state index contributed by atoms with van der Waals surface area (Å²) < 4.78 is 0. The fraction of sp³-hybridized carbons (Fsp3) is 0.647. The molecule has 0 radical (unpaired) electrons. The second-order valence-electron chi connectivity index (χ2n) is 7.04. The molecule has 3 rings (SSSR count). The molecule has 1 heterocycles. The van der Waals surface area contributed by atoms with E-state index in [1.54, 1.807) is 0 Å². The van der Waals surface area contributed by atoms with E-state index < -0.39 is 0 Å². The van der Waals surface area contributed by atoms with Crippen LogP contribution in [0.1, 0.15) is 37.4 Å². The molecule has 1 aromatic carbocycles. The van der Waals surface area contributed by atoms with Crippen LogP contribution in [0.5, 0.6) is 0 Å². The summed E-state index contributed by atoms with van der Waals surface area (Å²) in [5.74, 6) is 0. The molecule has 1 saturated heterocycles. The first-order valence-electron chi connectivity index (χ1n) is 7.78. The van der Waals surface area contributed by atoms with Gasteiger partial charge in [0.1, 0.15) is 0 Å². The summed E-state index contributed by atoms with van der Waals surface area (Å²) in [7, 11) is 2.23. The first kappa shape index (κ1) is 14.1. The fourth-order valence-electron chi connectivity index (χ4n) is 3.75. The number of piperazine rings is 1. The summed E-state index contributed by atoms with van der Waals surface area (Å²) in [6, 6.07) is 9.36. The molecule has 0 aromatic heterocycles. The van der Waals surface area contributed by atoms with Crippen molar-refractivity contribution in [2.75, 3.05) is 26.7 Å². The molecule has 0 saturated carbocycles. The van der Waals surface area contributed by atoms with Crippen LogP contribution in [-0.2, 0) is 6.42 Å². The van der Waals surface area contributed by atoms with Crippen molar-refractivity contribution < 1.29 is 0 Å². The van der Waals surface area contributed by atoms with Gasteiger partial charge in [0.2, 0.25) is 0 Å². The molecule has 0 spiro atoms. The summed E-state index contributed by atoms with van der Waals surface area (Å²) in [4.78, 5) is 5.09. The molecule has 110 valence electrons. The third kappa shape index (κ3) is 2.39. The predicted molar refractivity (Wildman–Crippen MR) is 83.8 cm³/mol. The molecule has 1 fully saturated rings. The Kier molecular flexibility index (Phi) is 3.61. The number of nitrogens with zero attached hydrogens (tertiary/aromatic N) is 2. The van der Waals surface area contributed by atoms with E-state index in [-0.39, 0.29) is 11.6 Å². The lowest BCUT2D eigenvalue weighted by atomic mass is 9.82. The van der Waals surface area contributed by atoms with Crippen LogP contribution < -0.4 is 5.73 Å². The zero-order chi connectivity index (χ0) is 14.3. The number of hydrogen-bond acceptors (Lipinski definition) is 3.